The number of carboxylic acids is 1. The maximum Gasteiger partial charge on any atom is 0.308 e. The van der Waals surface area contributed by atoms with E-state index in [9.17, 15) is 18.7 Å². The molecule has 3 saturated carbocycles. The van der Waals surface area contributed by atoms with Crippen molar-refractivity contribution in [2.45, 2.75) is 31.7 Å². The average molecular weight is 450 g/mol. The van der Waals surface area contributed by atoms with Gasteiger partial charge in [-0.05, 0) is 43.6 Å². The van der Waals surface area contributed by atoms with Gasteiger partial charge in [0, 0.05) is 41.6 Å². The highest BCUT2D eigenvalue weighted by Gasteiger charge is 2.47. The van der Waals surface area contributed by atoms with E-state index in [1.54, 1.807) is 0 Å². The Bertz CT molecular complexity index is 1400. The number of aromatic amines is 1. The summed E-state index contributed by atoms with van der Waals surface area (Å²) in [7, 11) is 0. The SMILES string of the molecule is O=C(O)[C@@H]1C2CCC(CC2)C1Nc1nc(-c2c[nH]c3c(F)cc(F)cc23)nc2nccnc12. The second kappa shape index (κ2) is 7.43. The lowest BCUT2D eigenvalue weighted by molar-refractivity contribution is -0.148. The van der Waals surface area contributed by atoms with Gasteiger partial charge in [-0.25, -0.2) is 28.7 Å². The van der Waals surface area contributed by atoms with Gasteiger partial charge < -0.3 is 15.4 Å². The third kappa shape index (κ3) is 3.20. The largest absolute Gasteiger partial charge is 0.481 e. The van der Waals surface area contributed by atoms with Crippen LogP contribution in [0.3, 0.4) is 0 Å². The van der Waals surface area contributed by atoms with Crippen molar-refractivity contribution in [2.75, 3.05) is 5.32 Å². The second-order valence-electron chi connectivity index (χ2n) is 8.85. The first-order chi connectivity index (χ1) is 16.0. The number of aromatic nitrogens is 5. The van der Waals surface area contributed by atoms with E-state index in [2.05, 4.69) is 30.2 Å². The number of rotatable bonds is 4. The van der Waals surface area contributed by atoms with Crippen LogP contribution in [0.4, 0.5) is 14.6 Å². The molecule has 2 bridgehead atoms. The molecule has 168 valence electrons. The zero-order chi connectivity index (χ0) is 22.7. The summed E-state index contributed by atoms with van der Waals surface area (Å²) >= 11 is 0. The molecule has 0 spiro atoms. The van der Waals surface area contributed by atoms with Crippen molar-refractivity contribution in [3.8, 4) is 11.4 Å². The third-order valence-corrected chi connectivity index (χ3v) is 7.09. The molecule has 3 heterocycles. The van der Waals surface area contributed by atoms with Crippen molar-refractivity contribution in [1.29, 1.82) is 0 Å². The zero-order valence-electron chi connectivity index (χ0n) is 17.4. The number of nitrogens with one attached hydrogen (secondary N) is 2. The number of H-pyrrole nitrogens is 1. The Morgan fingerprint density at radius 2 is 1.82 bits per heavy atom. The first-order valence-electron chi connectivity index (χ1n) is 10.9. The van der Waals surface area contributed by atoms with Crippen LogP contribution in [-0.2, 0) is 4.79 Å². The molecule has 0 amide bonds. The van der Waals surface area contributed by atoms with E-state index < -0.39 is 23.5 Å². The van der Waals surface area contributed by atoms with Gasteiger partial charge in [-0.1, -0.05) is 0 Å². The van der Waals surface area contributed by atoms with Crippen LogP contribution in [0, 0.1) is 29.4 Å². The van der Waals surface area contributed by atoms with Gasteiger partial charge >= 0.3 is 5.97 Å². The first-order valence-corrected chi connectivity index (χ1v) is 10.9. The fourth-order valence-electron chi connectivity index (χ4n) is 5.59. The lowest BCUT2D eigenvalue weighted by Crippen LogP contribution is -2.51. The van der Waals surface area contributed by atoms with Crippen LogP contribution in [-0.4, -0.2) is 42.0 Å². The Morgan fingerprint density at radius 3 is 2.61 bits per heavy atom. The summed E-state index contributed by atoms with van der Waals surface area (Å²) in [5.74, 6) is -1.80. The molecular formula is C23H20F2N6O2. The number of carbonyl (C=O) groups is 1. The predicted octanol–water partition coefficient (Wildman–Crippen LogP) is 4.15. The average Bonchev–Trinajstić information content (AvgIpc) is 3.23. The number of benzene rings is 1. The van der Waals surface area contributed by atoms with Gasteiger partial charge in [-0.15, -0.1) is 0 Å². The molecule has 3 aliphatic rings. The van der Waals surface area contributed by atoms with E-state index >= 15 is 0 Å². The summed E-state index contributed by atoms with van der Waals surface area (Å²) < 4.78 is 28.2. The van der Waals surface area contributed by atoms with Crippen LogP contribution in [0.2, 0.25) is 0 Å². The van der Waals surface area contributed by atoms with Crippen molar-refractivity contribution in [1.82, 2.24) is 24.9 Å². The van der Waals surface area contributed by atoms with E-state index in [1.165, 1.54) is 24.7 Å². The topological polar surface area (TPSA) is 117 Å². The Kier molecular flexibility index (Phi) is 4.49. The summed E-state index contributed by atoms with van der Waals surface area (Å²) in [5.41, 5.74) is 1.30. The van der Waals surface area contributed by atoms with Crippen LogP contribution in [0.5, 0.6) is 0 Å². The Balaban J connectivity index is 1.49. The van der Waals surface area contributed by atoms with Crippen LogP contribution in [0.25, 0.3) is 33.5 Å². The number of nitrogens with zero attached hydrogens (tertiary/aromatic N) is 4. The zero-order valence-corrected chi connectivity index (χ0v) is 17.4. The molecule has 0 saturated heterocycles. The maximum absolute atomic E-state index is 14.2. The monoisotopic (exact) mass is 450 g/mol. The highest BCUT2D eigenvalue weighted by molar-refractivity contribution is 5.96. The number of hydrogen-bond acceptors (Lipinski definition) is 6. The lowest BCUT2D eigenvalue weighted by Gasteiger charge is -2.47. The van der Waals surface area contributed by atoms with Gasteiger partial charge in [0.15, 0.2) is 17.3 Å². The summed E-state index contributed by atoms with van der Waals surface area (Å²) in [6, 6.07) is 1.75. The van der Waals surface area contributed by atoms with Gasteiger partial charge in [0.25, 0.3) is 0 Å². The lowest BCUT2D eigenvalue weighted by atomic mass is 9.61. The number of fused-ring (bicyclic) bond motifs is 5. The summed E-state index contributed by atoms with van der Waals surface area (Å²) in [5, 5.41) is 13.6. The summed E-state index contributed by atoms with van der Waals surface area (Å²) in [6.07, 6.45) is 8.32. The van der Waals surface area contributed by atoms with Gasteiger partial charge in [0.05, 0.1) is 11.4 Å². The van der Waals surface area contributed by atoms with E-state index in [-0.39, 0.29) is 29.2 Å². The van der Waals surface area contributed by atoms with Crippen molar-refractivity contribution in [3.63, 3.8) is 0 Å². The summed E-state index contributed by atoms with van der Waals surface area (Å²) in [4.78, 5) is 32.7. The smallest absolute Gasteiger partial charge is 0.308 e. The number of halogens is 2. The molecule has 3 aliphatic carbocycles. The van der Waals surface area contributed by atoms with Crippen LogP contribution in [0.1, 0.15) is 25.7 Å². The van der Waals surface area contributed by atoms with Crippen molar-refractivity contribution >= 4 is 33.9 Å². The van der Waals surface area contributed by atoms with Crippen LogP contribution in [0.15, 0.2) is 30.7 Å². The minimum absolute atomic E-state index is 0.128. The number of anilines is 1. The van der Waals surface area contributed by atoms with Gasteiger partial charge in [0.1, 0.15) is 17.2 Å². The fraction of sp³-hybridized carbons (Fsp3) is 0.348. The molecule has 10 heteroatoms. The van der Waals surface area contributed by atoms with Crippen molar-refractivity contribution in [3.05, 3.63) is 42.4 Å². The molecule has 0 radical (unpaired) electrons. The highest BCUT2D eigenvalue weighted by Crippen LogP contribution is 2.46. The molecule has 1 aromatic carbocycles. The molecule has 0 aliphatic heterocycles. The van der Waals surface area contributed by atoms with Gasteiger partial charge in [-0.3, -0.25) is 4.79 Å². The molecule has 4 aromatic rings. The van der Waals surface area contributed by atoms with Gasteiger partial charge in [-0.2, -0.15) is 0 Å². The Labute approximate surface area is 186 Å². The van der Waals surface area contributed by atoms with E-state index in [4.69, 9.17) is 0 Å². The normalized spacial score (nSPS) is 24.4. The predicted molar refractivity (Wildman–Crippen MR) is 116 cm³/mol. The quantitative estimate of drug-likeness (QED) is 0.428. The highest BCUT2D eigenvalue weighted by atomic mass is 19.1. The Hall–Kier alpha value is -3.69. The molecule has 7 rings (SSSR count). The van der Waals surface area contributed by atoms with E-state index in [0.717, 1.165) is 31.7 Å². The number of aliphatic carboxylic acids is 1. The third-order valence-electron chi connectivity index (χ3n) is 7.09. The molecule has 33 heavy (non-hydrogen) atoms. The van der Waals surface area contributed by atoms with E-state index in [0.29, 0.717) is 27.9 Å². The molecule has 3 N–H and O–H groups in total. The van der Waals surface area contributed by atoms with Crippen molar-refractivity contribution < 1.29 is 18.7 Å². The van der Waals surface area contributed by atoms with Crippen LogP contribution < -0.4 is 5.32 Å². The molecule has 3 fully saturated rings. The molecular weight excluding hydrogens is 430 g/mol. The molecule has 2 atom stereocenters. The maximum atomic E-state index is 14.2. The summed E-state index contributed by atoms with van der Waals surface area (Å²) in [6.45, 7) is 0. The standard InChI is InChI=1S/C23H20F2N6O2/c24-12-7-13-14(9-28-18(13)15(25)8-12)20-30-21-19(26-5-6-27-21)22(31-20)29-17-11-3-1-10(2-4-11)16(17)23(32)33/h5-11,16-17,28H,1-4H2,(H,32,33)(H,27,29,30,31)/t10?,11?,16-,17?/m1/s1. The Morgan fingerprint density at radius 1 is 1.06 bits per heavy atom. The minimum Gasteiger partial charge on any atom is -0.481 e. The molecule has 1 unspecified atom stereocenters. The number of carboxylic acid groups (broad SMARTS) is 1. The van der Waals surface area contributed by atoms with E-state index in [1.807, 2.05) is 0 Å². The van der Waals surface area contributed by atoms with Crippen LogP contribution >= 0.6 is 0 Å². The second-order valence-corrected chi connectivity index (χ2v) is 8.85. The van der Waals surface area contributed by atoms with Gasteiger partial charge in [0.2, 0.25) is 0 Å². The number of hydrogen-bond donors (Lipinski definition) is 3. The minimum atomic E-state index is -0.811. The first kappa shape index (κ1) is 20.0. The fourth-order valence-corrected chi connectivity index (χ4v) is 5.59. The molecule has 8 nitrogen and oxygen atoms in total. The van der Waals surface area contributed by atoms with Crippen molar-refractivity contribution in [2.24, 2.45) is 17.8 Å². The molecule has 3 aromatic heterocycles.